The Morgan fingerprint density at radius 3 is 2.68 bits per heavy atom. The number of hydrogen-bond donors (Lipinski definition) is 2. The van der Waals surface area contributed by atoms with E-state index < -0.39 is 10.8 Å². The molecule has 2 atom stereocenters. The van der Waals surface area contributed by atoms with Crippen molar-refractivity contribution in [3.63, 3.8) is 0 Å². The third-order valence-corrected chi connectivity index (χ3v) is 3.31. The maximum absolute atomic E-state index is 11.0. The standard InChI is InChI=1S/C12H24N4O2S/c1-9(2)7-13-8-11-15-16-12(18-11)14-10(3)5-6-19(4)17/h9-10,13H,5-8H2,1-4H3,(H,14,16). The van der Waals surface area contributed by atoms with Crippen LogP contribution in [0.2, 0.25) is 0 Å². The Kier molecular flexibility index (Phi) is 7.01. The number of rotatable bonds is 9. The van der Waals surface area contributed by atoms with Crippen LogP contribution in [0.25, 0.3) is 0 Å². The van der Waals surface area contributed by atoms with Crippen LogP contribution in [-0.4, -0.2) is 39.0 Å². The van der Waals surface area contributed by atoms with Crippen molar-refractivity contribution < 1.29 is 8.63 Å². The molecule has 1 aromatic rings. The first-order valence-electron chi connectivity index (χ1n) is 6.57. The van der Waals surface area contributed by atoms with Gasteiger partial charge in [0.2, 0.25) is 5.89 Å². The summed E-state index contributed by atoms with van der Waals surface area (Å²) in [5.74, 6) is 1.84. The highest BCUT2D eigenvalue weighted by molar-refractivity contribution is 7.84. The number of nitrogens with zero attached hydrogens (tertiary/aromatic N) is 2. The molecule has 6 nitrogen and oxygen atoms in total. The fourth-order valence-electron chi connectivity index (χ4n) is 1.48. The van der Waals surface area contributed by atoms with E-state index in [0.29, 0.717) is 30.1 Å². The third kappa shape index (κ3) is 7.27. The summed E-state index contributed by atoms with van der Waals surface area (Å²) in [6.45, 7) is 7.80. The van der Waals surface area contributed by atoms with Gasteiger partial charge in [0.05, 0.1) is 6.54 Å². The second kappa shape index (κ2) is 8.27. The van der Waals surface area contributed by atoms with Gasteiger partial charge < -0.3 is 15.1 Å². The maximum atomic E-state index is 11.0. The molecule has 19 heavy (non-hydrogen) atoms. The van der Waals surface area contributed by atoms with E-state index in [1.165, 1.54) is 0 Å². The zero-order valence-electron chi connectivity index (χ0n) is 12.1. The molecule has 0 aliphatic carbocycles. The van der Waals surface area contributed by atoms with Gasteiger partial charge in [0.25, 0.3) is 0 Å². The van der Waals surface area contributed by atoms with E-state index >= 15 is 0 Å². The van der Waals surface area contributed by atoms with Crippen LogP contribution in [0.5, 0.6) is 0 Å². The van der Waals surface area contributed by atoms with E-state index in [4.69, 9.17) is 4.42 Å². The lowest BCUT2D eigenvalue weighted by molar-refractivity contribution is 0.456. The number of hydrogen-bond acceptors (Lipinski definition) is 6. The van der Waals surface area contributed by atoms with Crippen molar-refractivity contribution in [2.24, 2.45) is 5.92 Å². The molecule has 0 aliphatic heterocycles. The first-order valence-corrected chi connectivity index (χ1v) is 8.29. The van der Waals surface area contributed by atoms with Crippen LogP contribution >= 0.6 is 0 Å². The maximum Gasteiger partial charge on any atom is 0.315 e. The molecule has 0 saturated heterocycles. The lowest BCUT2D eigenvalue weighted by atomic mass is 10.2. The Morgan fingerprint density at radius 1 is 1.32 bits per heavy atom. The van der Waals surface area contributed by atoms with Crippen molar-refractivity contribution in [3.05, 3.63) is 5.89 Å². The normalized spacial score (nSPS) is 14.6. The molecule has 2 unspecified atom stereocenters. The van der Waals surface area contributed by atoms with Crippen molar-refractivity contribution in [2.75, 3.05) is 23.9 Å². The molecule has 110 valence electrons. The molecule has 0 radical (unpaired) electrons. The van der Waals surface area contributed by atoms with Crippen LogP contribution in [-0.2, 0) is 17.3 Å². The summed E-state index contributed by atoms with van der Waals surface area (Å²) in [5, 5.41) is 14.3. The minimum Gasteiger partial charge on any atom is -0.407 e. The number of aromatic nitrogens is 2. The van der Waals surface area contributed by atoms with Crippen molar-refractivity contribution in [1.29, 1.82) is 0 Å². The average Bonchev–Trinajstić information content (AvgIpc) is 2.73. The van der Waals surface area contributed by atoms with E-state index in [1.54, 1.807) is 6.26 Å². The van der Waals surface area contributed by atoms with E-state index in [9.17, 15) is 4.21 Å². The Balaban J connectivity index is 2.31. The van der Waals surface area contributed by atoms with Gasteiger partial charge in [0, 0.05) is 28.9 Å². The molecule has 2 N–H and O–H groups in total. The highest BCUT2D eigenvalue weighted by Gasteiger charge is 2.09. The van der Waals surface area contributed by atoms with Gasteiger partial charge in [0.1, 0.15) is 0 Å². The van der Waals surface area contributed by atoms with Gasteiger partial charge in [-0.15, -0.1) is 5.10 Å². The molecule has 0 spiro atoms. The molecule has 1 rings (SSSR count). The lowest BCUT2D eigenvalue weighted by Crippen LogP contribution is -2.19. The predicted octanol–water partition coefficient (Wildman–Crippen LogP) is 1.38. The summed E-state index contributed by atoms with van der Waals surface area (Å²) < 4.78 is 16.5. The molecule has 1 heterocycles. The Labute approximate surface area is 117 Å². The van der Waals surface area contributed by atoms with E-state index in [-0.39, 0.29) is 6.04 Å². The van der Waals surface area contributed by atoms with E-state index in [1.807, 2.05) is 6.92 Å². The second-order valence-electron chi connectivity index (χ2n) is 5.14. The smallest absolute Gasteiger partial charge is 0.315 e. The third-order valence-electron chi connectivity index (χ3n) is 2.50. The zero-order valence-corrected chi connectivity index (χ0v) is 12.9. The SMILES string of the molecule is CC(C)CNCc1nnc(NC(C)CCS(C)=O)o1. The van der Waals surface area contributed by atoms with Gasteiger partial charge in [-0.25, -0.2) is 0 Å². The minimum absolute atomic E-state index is 0.167. The fraction of sp³-hybridized carbons (Fsp3) is 0.833. The minimum atomic E-state index is -0.764. The van der Waals surface area contributed by atoms with E-state index in [0.717, 1.165) is 13.0 Å². The molecule has 1 aromatic heterocycles. The molecule has 0 aromatic carbocycles. The summed E-state index contributed by atoms with van der Waals surface area (Å²) in [6.07, 6.45) is 2.52. The molecule has 0 saturated carbocycles. The molecule has 0 amide bonds. The van der Waals surface area contributed by atoms with Crippen molar-refractivity contribution in [3.8, 4) is 0 Å². The average molecular weight is 288 g/mol. The Hall–Kier alpha value is -0.950. The first-order chi connectivity index (χ1) is 8.97. The predicted molar refractivity (Wildman–Crippen MR) is 77.5 cm³/mol. The summed E-state index contributed by atoms with van der Waals surface area (Å²) in [5.41, 5.74) is 0. The Morgan fingerprint density at radius 2 is 2.05 bits per heavy atom. The van der Waals surface area contributed by atoms with Crippen LogP contribution in [0.4, 0.5) is 6.01 Å². The Bertz CT molecular complexity index is 395. The van der Waals surface area contributed by atoms with Crippen LogP contribution in [0.3, 0.4) is 0 Å². The van der Waals surface area contributed by atoms with Gasteiger partial charge in [-0.05, 0) is 25.8 Å². The van der Waals surface area contributed by atoms with Gasteiger partial charge in [0.15, 0.2) is 0 Å². The summed E-state index contributed by atoms with van der Waals surface area (Å²) >= 11 is 0. The lowest BCUT2D eigenvalue weighted by Gasteiger charge is -2.10. The molecule has 7 heteroatoms. The van der Waals surface area contributed by atoms with Gasteiger partial charge in [-0.3, -0.25) is 4.21 Å². The van der Waals surface area contributed by atoms with Crippen molar-refractivity contribution in [2.45, 2.75) is 39.8 Å². The van der Waals surface area contributed by atoms with Crippen molar-refractivity contribution in [1.82, 2.24) is 15.5 Å². The zero-order chi connectivity index (χ0) is 14.3. The second-order valence-corrected chi connectivity index (χ2v) is 6.69. The summed E-state index contributed by atoms with van der Waals surface area (Å²) in [6, 6.07) is 0.594. The highest BCUT2D eigenvalue weighted by Crippen LogP contribution is 2.08. The monoisotopic (exact) mass is 288 g/mol. The topological polar surface area (TPSA) is 80.0 Å². The van der Waals surface area contributed by atoms with Gasteiger partial charge >= 0.3 is 6.01 Å². The van der Waals surface area contributed by atoms with Crippen LogP contribution < -0.4 is 10.6 Å². The largest absolute Gasteiger partial charge is 0.407 e. The molecular formula is C12H24N4O2S. The molecule has 0 fully saturated rings. The first kappa shape index (κ1) is 16.1. The van der Waals surface area contributed by atoms with Gasteiger partial charge in [-0.2, -0.15) is 0 Å². The fourth-order valence-corrected chi connectivity index (χ4v) is 2.16. The summed E-state index contributed by atoms with van der Waals surface area (Å²) in [4.78, 5) is 0. The van der Waals surface area contributed by atoms with E-state index in [2.05, 4.69) is 34.7 Å². The molecule has 0 aliphatic rings. The molecule has 0 bridgehead atoms. The van der Waals surface area contributed by atoms with Crippen LogP contribution in [0.1, 0.15) is 33.1 Å². The van der Waals surface area contributed by atoms with Crippen LogP contribution in [0, 0.1) is 5.92 Å². The molecular weight excluding hydrogens is 264 g/mol. The van der Waals surface area contributed by atoms with Crippen LogP contribution in [0.15, 0.2) is 4.42 Å². The number of anilines is 1. The summed E-state index contributed by atoms with van der Waals surface area (Å²) in [7, 11) is -0.764. The van der Waals surface area contributed by atoms with Gasteiger partial charge in [-0.1, -0.05) is 18.9 Å². The highest BCUT2D eigenvalue weighted by atomic mass is 32.2. The quantitative estimate of drug-likeness (QED) is 0.714. The van der Waals surface area contributed by atoms with Crippen molar-refractivity contribution >= 4 is 16.8 Å². The number of nitrogens with one attached hydrogen (secondary N) is 2.